The van der Waals surface area contributed by atoms with E-state index in [0.29, 0.717) is 23.8 Å². The van der Waals surface area contributed by atoms with Gasteiger partial charge in [0.05, 0.1) is 11.1 Å². The molecule has 31 heavy (non-hydrogen) atoms. The fraction of sp³-hybridized carbons (Fsp3) is 0.462. The first kappa shape index (κ1) is 22.0. The summed E-state index contributed by atoms with van der Waals surface area (Å²) in [5, 5.41) is 0. The first-order valence-corrected chi connectivity index (χ1v) is 11.1. The minimum Gasteiger partial charge on any atom is -0.206 e. The number of halogens is 5. The van der Waals surface area contributed by atoms with Gasteiger partial charge in [-0.3, -0.25) is 0 Å². The number of fused-ring (bicyclic) bond motifs is 3. The molecule has 0 spiro atoms. The molecule has 0 nitrogen and oxygen atoms in total. The summed E-state index contributed by atoms with van der Waals surface area (Å²) in [4.78, 5) is 0. The Kier molecular flexibility index (Phi) is 6.23. The van der Waals surface area contributed by atoms with E-state index < -0.39 is 23.4 Å². The van der Waals surface area contributed by atoms with Crippen LogP contribution in [0.1, 0.15) is 68.1 Å². The van der Waals surface area contributed by atoms with Crippen LogP contribution in [0.25, 0.3) is 11.1 Å². The molecule has 1 fully saturated rings. The second-order valence-corrected chi connectivity index (χ2v) is 8.92. The van der Waals surface area contributed by atoms with Crippen molar-refractivity contribution in [1.82, 2.24) is 0 Å². The molecule has 0 amide bonds. The third kappa shape index (κ3) is 4.42. The lowest BCUT2D eigenvalue weighted by Gasteiger charge is -2.41. The topological polar surface area (TPSA) is 0 Å². The molecule has 2 aliphatic rings. The molecule has 0 aromatic heterocycles. The van der Waals surface area contributed by atoms with Crippen molar-refractivity contribution >= 4 is 0 Å². The van der Waals surface area contributed by atoms with Crippen molar-refractivity contribution in [3.63, 3.8) is 0 Å². The average molecular weight is 434 g/mol. The van der Waals surface area contributed by atoms with Crippen molar-refractivity contribution in [2.75, 3.05) is 0 Å². The van der Waals surface area contributed by atoms with E-state index in [4.69, 9.17) is 0 Å². The van der Waals surface area contributed by atoms with Crippen molar-refractivity contribution in [2.45, 2.75) is 64.0 Å². The van der Waals surface area contributed by atoms with Gasteiger partial charge in [-0.2, -0.15) is 13.2 Å². The van der Waals surface area contributed by atoms with E-state index in [2.05, 4.69) is 12.2 Å². The zero-order chi connectivity index (χ0) is 22.2. The largest absolute Gasteiger partial charge is 0.416 e. The summed E-state index contributed by atoms with van der Waals surface area (Å²) < 4.78 is 68.9. The highest BCUT2D eigenvalue weighted by Crippen LogP contribution is 2.49. The number of rotatable bonds is 4. The molecule has 3 unspecified atom stereocenters. The van der Waals surface area contributed by atoms with E-state index in [1.807, 2.05) is 6.92 Å². The Morgan fingerprint density at radius 2 is 1.77 bits per heavy atom. The van der Waals surface area contributed by atoms with E-state index in [9.17, 15) is 13.2 Å². The number of allylic oxidation sites excluding steroid dienone is 2. The molecule has 5 heteroatoms. The van der Waals surface area contributed by atoms with E-state index in [-0.39, 0.29) is 17.0 Å². The Labute approximate surface area is 180 Å². The van der Waals surface area contributed by atoms with Crippen molar-refractivity contribution in [3.8, 4) is 11.1 Å². The third-order valence-corrected chi connectivity index (χ3v) is 7.09. The molecule has 2 aromatic carbocycles. The van der Waals surface area contributed by atoms with Gasteiger partial charge >= 0.3 is 6.18 Å². The summed E-state index contributed by atoms with van der Waals surface area (Å²) in [5.41, 5.74) is 0.411. The standard InChI is InChI=1S/C26H27F5/c1-2-3-4-5-16-6-12-20-18(14-16)9-13-21-22(20)15-23(27)24(25(21)28)17-7-10-19(11-8-17)26(29,30)31/h2-3,7-8,10-11,15-16,18,20H,4-6,9,12-14H2,1H3. The van der Waals surface area contributed by atoms with Crippen LogP contribution in [0.15, 0.2) is 42.5 Å². The summed E-state index contributed by atoms with van der Waals surface area (Å²) in [5.74, 6) is -0.00431. The maximum absolute atomic E-state index is 15.4. The van der Waals surface area contributed by atoms with Gasteiger partial charge in [0, 0.05) is 0 Å². The maximum Gasteiger partial charge on any atom is 0.416 e. The van der Waals surface area contributed by atoms with Crippen LogP contribution in [0.3, 0.4) is 0 Å². The van der Waals surface area contributed by atoms with E-state index in [0.717, 1.165) is 68.4 Å². The second-order valence-electron chi connectivity index (χ2n) is 8.92. The second kappa shape index (κ2) is 8.76. The number of benzene rings is 2. The van der Waals surface area contributed by atoms with Gasteiger partial charge in [-0.25, -0.2) is 8.78 Å². The van der Waals surface area contributed by atoms with Crippen molar-refractivity contribution in [3.05, 3.63) is 70.8 Å². The van der Waals surface area contributed by atoms with Gasteiger partial charge in [0.2, 0.25) is 0 Å². The molecule has 0 aliphatic heterocycles. The van der Waals surface area contributed by atoms with Gasteiger partial charge in [0.15, 0.2) is 0 Å². The quantitative estimate of drug-likeness (QED) is 0.334. The molecule has 0 saturated heterocycles. The molecule has 2 aromatic rings. The zero-order valence-electron chi connectivity index (χ0n) is 17.6. The highest BCUT2D eigenvalue weighted by Gasteiger charge is 2.37. The van der Waals surface area contributed by atoms with Crippen molar-refractivity contribution < 1.29 is 22.0 Å². The Hall–Kier alpha value is -2.17. The summed E-state index contributed by atoms with van der Waals surface area (Å²) in [6.45, 7) is 2.02. The zero-order valence-corrected chi connectivity index (χ0v) is 17.6. The van der Waals surface area contributed by atoms with Gasteiger partial charge in [-0.05, 0) is 105 Å². The monoisotopic (exact) mass is 434 g/mol. The fourth-order valence-corrected chi connectivity index (χ4v) is 5.53. The normalized spacial score (nSPS) is 23.6. The summed E-state index contributed by atoms with van der Waals surface area (Å²) >= 11 is 0. The first-order valence-electron chi connectivity index (χ1n) is 11.1. The lowest BCUT2D eigenvalue weighted by molar-refractivity contribution is -0.137. The fourth-order valence-electron chi connectivity index (χ4n) is 5.53. The van der Waals surface area contributed by atoms with Crippen LogP contribution in [0.5, 0.6) is 0 Å². The van der Waals surface area contributed by atoms with Gasteiger partial charge in [-0.15, -0.1) is 0 Å². The van der Waals surface area contributed by atoms with E-state index >= 15 is 8.78 Å². The van der Waals surface area contributed by atoms with Gasteiger partial charge in [0.25, 0.3) is 0 Å². The molecule has 0 bridgehead atoms. The Morgan fingerprint density at radius 1 is 1.03 bits per heavy atom. The van der Waals surface area contributed by atoms with Gasteiger partial charge in [-0.1, -0.05) is 24.3 Å². The van der Waals surface area contributed by atoms with Crippen molar-refractivity contribution in [2.24, 2.45) is 11.8 Å². The number of hydrogen-bond acceptors (Lipinski definition) is 0. The molecule has 4 rings (SSSR count). The molecule has 1 saturated carbocycles. The van der Waals surface area contributed by atoms with Crippen LogP contribution >= 0.6 is 0 Å². The van der Waals surface area contributed by atoms with Gasteiger partial charge in [0.1, 0.15) is 11.6 Å². The summed E-state index contributed by atoms with van der Waals surface area (Å²) in [6, 6.07) is 5.50. The van der Waals surface area contributed by atoms with Crippen LogP contribution in [-0.2, 0) is 12.6 Å². The molecule has 166 valence electrons. The van der Waals surface area contributed by atoms with Crippen LogP contribution in [-0.4, -0.2) is 0 Å². The average Bonchev–Trinajstić information content (AvgIpc) is 2.73. The highest BCUT2D eigenvalue weighted by molar-refractivity contribution is 5.67. The minimum atomic E-state index is -4.48. The molecular formula is C26H27F5. The van der Waals surface area contributed by atoms with Crippen LogP contribution in [0.2, 0.25) is 0 Å². The molecule has 0 N–H and O–H groups in total. The van der Waals surface area contributed by atoms with Crippen LogP contribution < -0.4 is 0 Å². The molecule has 2 aliphatic carbocycles. The smallest absolute Gasteiger partial charge is 0.206 e. The lowest BCUT2D eigenvalue weighted by Crippen LogP contribution is -2.29. The van der Waals surface area contributed by atoms with E-state index in [1.165, 1.54) is 6.07 Å². The third-order valence-electron chi connectivity index (χ3n) is 7.09. The minimum absolute atomic E-state index is 0.139. The first-order chi connectivity index (χ1) is 14.8. The Morgan fingerprint density at radius 3 is 2.45 bits per heavy atom. The van der Waals surface area contributed by atoms with Gasteiger partial charge < -0.3 is 0 Å². The number of hydrogen-bond donors (Lipinski definition) is 0. The SMILES string of the molecule is CC=CCCC1CCC2c3cc(F)c(-c4ccc(C(F)(F)F)cc4)c(F)c3CCC2C1. The molecule has 3 atom stereocenters. The number of alkyl halides is 3. The summed E-state index contributed by atoms with van der Waals surface area (Å²) in [6.07, 6.45) is 6.57. The maximum atomic E-state index is 15.4. The molecule has 0 heterocycles. The predicted molar refractivity (Wildman–Crippen MR) is 113 cm³/mol. The Bertz CT molecular complexity index is 955. The van der Waals surface area contributed by atoms with Crippen LogP contribution in [0, 0.1) is 23.5 Å². The lowest BCUT2D eigenvalue weighted by atomic mass is 9.64. The predicted octanol–water partition coefficient (Wildman–Crippen LogP) is 8.45. The molecular weight excluding hydrogens is 407 g/mol. The van der Waals surface area contributed by atoms with E-state index in [1.54, 1.807) is 0 Å². The van der Waals surface area contributed by atoms with Crippen LogP contribution in [0.4, 0.5) is 22.0 Å². The van der Waals surface area contributed by atoms with Crippen molar-refractivity contribution in [1.29, 1.82) is 0 Å². The highest BCUT2D eigenvalue weighted by atomic mass is 19.4. The molecule has 0 radical (unpaired) electrons. The summed E-state index contributed by atoms with van der Waals surface area (Å²) in [7, 11) is 0. The Balaban J connectivity index is 1.60.